The molecule has 1 atom stereocenters. The van der Waals surface area contributed by atoms with Gasteiger partial charge in [-0.3, -0.25) is 14.2 Å². The van der Waals surface area contributed by atoms with Crippen LogP contribution in [0.25, 0.3) is 0 Å². The average molecular weight is 352 g/mol. The van der Waals surface area contributed by atoms with Gasteiger partial charge in [-0.25, -0.2) is 4.79 Å². The second-order valence-corrected chi connectivity index (χ2v) is 7.64. The number of H-pyrrole nitrogens is 1. The van der Waals surface area contributed by atoms with Gasteiger partial charge in [0, 0.05) is 18.8 Å². The highest BCUT2D eigenvalue weighted by molar-refractivity contribution is 5.76. The summed E-state index contributed by atoms with van der Waals surface area (Å²) in [4.78, 5) is 38.1. The Kier molecular flexibility index (Phi) is 8.13. The number of aromatic amines is 1. The second-order valence-electron chi connectivity index (χ2n) is 7.64. The molecule has 0 aliphatic heterocycles. The maximum atomic E-state index is 12.5. The van der Waals surface area contributed by atoms with Crippen molar-refractivity contribution in [1.82, 2.24) is 9.55 Å². The number of unbranched alkanes of at least 4 members (excludes halogenated alkanes) is 2. The van der Waals surface area contributed by atoms with Crippen LogP contribution in [0.1, 0.15) is 60.3 Å². The van der Waals surface area contributed by atoms with Crippen molar-refractivity contribution in [3.8, 4) is 0 Å². The van der Waals surface area contributed by atoms with Gasteiger partial charge in [-0.2, -0.15) is 0 Å². The first-order valence-electron chi connectivity index (χ1n) is 9.14. The number of nitrogens with one attached hydrogen (secondary N) is 1. The van der Waals surface area contributed by atoms with Gasteiger partial charge in [0.1, 0.15) is 0 Å². The molecule has 0 saturated heterocycles. The van der Waals surface area contributed by atoms with Crippen molar-refractivity contribution in [1.29, 1.82) is 0 Å². The Balaban J connectivity index is 2.38. The Morgan fingerprint density at radius 3 is 2.44 bits per heavy atom. The summed E-state index contributed by atoms with van der Waals surface area (Å²) in [5, 5.41) is 0. The lowest BCUT2D eigenvalue weighted by Crippen LogP contribution is -2.36. The van der Waals surface area contributed by atoms with E-state index in [2.05, 4.69) is 32.7 Å². The number of esters is 1. The van der Waals surface area contributed by atoms with Crippen LogP contribution in [-0.2, 0) is 16.1 Å². The topological polar surface area (TPSA) is 81.2 Å². The molecular weight excluding hydrogens is 320 g/mol. The van der Waals surface area contributed by atoms with Crippen LogP contribution in [0.3, 0.4) is 0 Å². The first-order chi connectivity index (χ1) is 11.7. The molecular formula is C19H32N2O4. The van der Waals surface area contributed by atoms with E-state index in [4.69, 9.17) is 4.74 Å². The predicted molar refractivity (Wildman–Crippen MR) is 98.5 cm³/mol. The second kappa shape index (κ2) is 9.59. The van der Waals surface area contributed by atoms with Gasteiger partial charge in [-0.15, -0.1) is 0 Å². The van der Waals surface area contributed by atoms with Crippen LogP contribution in [0.4, 0.5) is 0 Å². The number of hydrogen-bond acceptors (Lipinski definition) is 4. The molecule has 0 amide bonds. The van der Waals surface area contributed by atoms with Crippen molar-refractivity contribution >= 4 is 5.97 Å². The number of hydrogen-bond donors (Lipinski definition) is 1. The zero-order valence-corrected chi connectivity index (χ0v) is 16.1. The maximum absolute atomic E-state index is 12.5. The summed E-state index contributed by atoms with van der Waals surface area (Å²) < 4.78 is 6.68. The van der Waals surface area contributed by atoms with E-state index in [1.807, 2.05) is 6.92 Å². The molecule has 142 valence electrons. The summed E-state index contributed by atoms with van der Waals surface area (Å²) in [6.45, 7) is 11.1. The third-order valence-corrected chi connectivity index (χ3v) is 4.78. The molecule has 0 radical (unpaired) electrons. The van der Waals surface area contributed by atoms with Crippen LogP contribution in [0.2, 0.25) is 0 Å². The molecule has 6 heteroatoms. The molecule has 0 aliphatic carbocycles. The van der Waals surface area contributed by atoms with Crippen LogP contribution in [0.5, 0.6) is 0 Å². The molecule has 1 unspecified atom stereocenters. The SMILES string of the molecule is CC(C)CC(C)(C(=O)OCCCCCn1c(=O)cc[nH]c1=O)C(C)C. The summed E-state index contributed by atoms with van der Waals surface area (Å²) in [6.07, 6.45) is 4.36. The van der Waals surface area contributed by atoms with Crippen molar-refractivity contribution in [2.24, 2.45) is 17.3 Å². The number of carbonyl (C=O) groups excluding carboxylic acids is 1. The Morgan fingerprint density at radius 1 is 1.20 bits per heavy atom. The summed E-state index contributed by atoms with van der Waals surface area (Å²) in [5.41, 5.74) is -1.14. The molecule has 25 heavy (non-hydrogen) atoms. The van der Waals surface area contributed by atoms with Crippen molar-refractivity contribution < 1.29 is 9.53 Å². The van der Waals surface area contributed by atoms with E-state index in [1.165, 1.54) is 16.8 Å². The van der Waals surface area contributed by atoms with Crippen LogP contribution < -0.4 is 11.2 Å². The fourth-order valence-electron chi connectivity index (χ4n) is 2.95. The van der Waals surface area contributed by atoms with E-state index in [9.17, 15) is 14.4 Å². The monoisotopic (exact) mass is 352 g/mol. The van der Waals surface area contributed by atoms with E-state index in [-0.39, 0.29) is 23.1 Å². The van der Waals surface area contributed by atoms with Crippen LogP contribution in [-0.4, -0.2) is 22.1 Å². The highest BCUT2D eigenvalue weighted by atomic mass is 16.5. The zero-order chi connectivity index (χ0) is 19.0. The summed E-state index contributed by atoms with van der Waals surface area (Å²) in [5.74, 6) is 0.522. The fraction of sp³-hybridized carbons (Fsp3) is 0.737. The lowest BCUT2D eigenvalue weighted by atomic mass is 9.73. The summed E-state index contributed by atoms with van der Waals surface area (Å²) in [7, 11) is 0. The minimum absolute atomic E-state index is 0.132. The molecule has 1 rings (SSSR count). The van der Waals surface area contributed by atoms with Crippen molar-refractivity contribution in [3.63, 3.8) is 0 Å². The molecule has 0 spiro atoms. The number of ether oxygens (including phenoxy) is 1. The van der Waals surface area contributed by atoms with E-state index in [0.717, 1.165) is 19.3 Å². The predicted octanol–water partition coefficient (Wildman–Crippen LogP) is 2.96. The minimum atomic E-state index is -0.460. The largest absolute Gasteiger partial charge is 0.465 e. The van der Waals surface area contributed by atoms with Gasteiger partial charge in [-0.05, 0) is 44.4 Å². The van der Waals surface area contributed by atoms with Crippen molar-refractivity contribution in [3.05, 3.63) is 33.1 Å². The van der Waals surface area contributed by atoms with Gasteiger partial charge in [0.05, 0.1) is 12.0 Å². The molecule has 0 aliphatic rings. The third kappa shape index (κ3) is 6.18. The smallest absolute Gasteiger partial charge is 0.328 e. The molecule has 1 N–H and O–H groups in total. The Morgan fingerprint density at radius 2 is 1.88 bits per heavy atom. The quantitative estimate of drug-likeness (QED) is 0.518. The van der Waals surface area contributed by atoms with Gasteiger partial charge in [0.15, 0.2) is 0 Å². The number of rotatable bonds is 10. The van der Waals surface area contributed by atoms with Gasteiger partial charge in [-0.1, -0.05) is 27.7 Å². The third-order valence-electron chi connectivity index (χ3n) is 4.78. The van der Waals surface area contributed by atoms with E-state index in [1.54, 1.807) is 0 Å². The lowest BCUT2D eigenvalue weighted by Gasteiger charge is -2.32. The Labute approximate surface area is 149 Å². The van der Waals surface area contributed by atoms with Crippen LogP contribution in [0, 0.1) is 17.3 Å². The Hall–Kier alpha value is -1.85. The molecule has 1 aromatic rings. The Bertz CT molecular complexity index is 632. The van der Waals surface area contributed by atoms with E-state index in [0.29, 0.717) is 25.5 Å². The molecule has 0 saturated carbocycles. The molecule has 1 aromatic heterocycles. The molecule has 0 bridgehead atoms. The van der Waals surface area contributed by atoms with Gasteiger partial charge in [0.2, 0.25) is 0 Å². The standard InChI is InChI=1S/C19H32N2O4/c1-14(2)13-19(5,15(3)4)17(23)25-12-8-6-7-11-21-16(22)9-10-20-18(21)24/h9-10,14-15H,6-8,11-13H2,1-5H3,(H,20,24). The average Bonchev–Trinajstić information content (AvgIpc) is 2.51. The van der Waals surface area contributed by atoms with Gasteiger partial charge in [0.25, 0.3) is 5.56 Å². The fourth-order valence-corrected chi connectivity index (χ4v) is 2.95. The molecule has 6 nitrogen and oxygen atoms in total. The van der Waals surface area contributed by atoms with Gasteiger partial charge >= 0.3 is 11.7 Å². The van der Waals surface area contributed by atoms with E-state index >= 15 is 0 Å². The molecule has 0 fully saturated rings. The van der Waals surface area contributed by atoms with Crippen molar-refractivity contribution in [2.75, 3.05) is 6.61 Å². The van der Waals surface area contributed by atoms with Gasteiger partial charge < -0.3 is 9.72 Å². The number of nitrogens with zero attached hydrogens (tertiary/aromatic N) is 1. The van der Waals surface area contributed by atoms with Crippen LogP contribution in [0.15, 0.2) is 21.9 Å². The highest BCUT2D eigenvalue weighted by Gasteiger charge is 2.38. The normalized spacial score (nSPS) is 13.9. The first kappa shape index (κ1) is 21.2. The van der Waals surface area contributed by atoms with E-state index < -0.39 is 5.41 Å². The summed E-state index contributed by atoms with van der Waals surface area (Å²) in [6, 6.07) is 1.34. The van der Waals surface area contributed by atoms with Crippen LogP contribution >= 0.6 is 0 Å². The highest BCUT2D eigenvalue weighted by Crippen LogP contribution is 2.35. The molecule has 0 aromatic carbocycles. The zero-order valence-electron chi connectivity index (χ0n) is 16.1. The maximum Gasteiger partial charge on any atom is 0.328 e. The number of carbonyl (C=O) groups is 1. The molecule has 1 heterocycles. The van der Waals surface area contributed by atoms with Crippen molar-refractivity contribution in [2.45, 2.75) is 66.8 Å². The first-order valence-corrected chi connectivity index (χ1v) is 9.14. The lowest BCUT2D eigenvalue weighted by molar-refractivity contribution is -0.159. The summed E-state index contributed by atoms with van der Waals surface area (Å²) >= 11 is 0. The number of aromatic nitrogens is 2. The minimum Gasteiger partial charge on any atom is -0.465 e.